The van der Waals surface area contributed by atoms with E-state index in [1.165, 1.54) is 18.2 Å². The summed E-state index contributed by atoms with van der Waals surface area (Å²) in [4.78, 5) is 23.7. The molecule has 0 fully saturated rings. The van der Waals surface area contributed by atoms with Crippen molar-refractivity contribution in [2.45, 2.75) is 46.1 Å². The Hall–Kier alpha value is -2.11. The monoisotopic (exact) mass is 325 g/mol. The van der Waals surface area contributed by atoms with Gasteiger partial charge in [0.2, 0.25) is 0 Å². The lowest BCUT2D eigenvalue weighted by molar-refractivity contribution is -0.149. The predicted octanol–water partition coefficient (Wildman–Crippen LogP) is 2.99. The first-order chi connectivity index (χ1) is 10.9. The first kappa shape index (κ1) is 18.9. The van der Waals surface area contributed by atoms with Crippen LogP contribution < -0.4 is 10.1 Å². The average molecular weight is 325 g/mol. The van der Waals surface area contributed by atoms with Gasteiger partial charge in [-0.3, -0.25) is 9.59 Å². The third-order valence-corrected chi connectivity index (χ3v) is 4.18. The molecule has 0 heterocycles. The summed E-state index contributed by atoms with van der Waals surface area (Å²) in [5, 5.41) is 12.0. The fourth-order valence-corrected chi connectivity index (χ4v) is 2.26. The van der Waals surface area contributed by atoms with Gasteiger partial charge in [-0.05, 0) is 31.4 Å². The summed E-state index contributed by atoms with van der Waals surface area (Å²) in [6, 6.07) is 5.86. The van der Waals surface area contributed by atoms with Gasteiger partial charge in [0, 0.05) is 6.54 Å². The molecule has 0 aromatic heterocycles. The molecule has 1 rings (SSSR count). The molecule has 23 heavy (non-hydrogen) atoms. The van der Waals surface area contributed by atoms with Crippen molar-refractivity contribution in [1.82, 2.24) is 5.32 Å². The number of para-hydroxylation sites is 1. The highest BCUT2D eigenvalue weighted by atomic mass is 19.1. The zero-order valence-electron chi connectivity index (χ0n) is 13.8. The number of carboxylic acid groups (broad SMARTS) is 1. The highest BCUT2D eigenvalue weighted by molar-refractivity contribution is 5.82. The predicted molar refractivity (Wildman–Crippen MR) is 84.8 cm³/mol. The summed E-state index contributed by atoms with van der Waals surface area (Å²) in [5.41, 5.74) is -0.994. The van der Waals surface area contributed by atoms with Crippen LogP contribution in [0.4, 0.5) is 4.39 Å². The van der Waals surface area contributed by atoms with Gasteiger partial charge in [-0.1, -0.05) is 32.9 Å². The summed E-state index contributed by atoms with van der Waals surface area (Å²) in [6.07, 6.45) is 0.291. The molecule has 0 bridgehead atoms. The summed E-state index contributed by atoms with van der Waals surface area (Å²) >= 11 is 0. The first-order valence-corrected chi connectivity index (χ1v) is 7.82. The molecular weight excluding hydrogens is 301 g/mol. The van der Waals surface area contributed by atoms with Crippen molar-refractivity contribution in [3.63, 3.8) is 0 Å². The number of carboxylic acids is 1. The van der Waals surface area contributed by atoms with Gasteiger partial charge in [-0.15, -0.1) is 0 Å². The molecule has 6 heteroatoms. The molecule has 5 nitrogen and oxygen atoms in total. The number of nitrogens with one attached hydrogen (secondary N) is 1. The molecule has 0 radical (unpaired) electrons. The fourth-order valence-electron chi connectivity index (χ4n) is 2.26. The number of carbonyl (C=O) groups excluding carboxylic acids is 1. The largest absolute Gasteiger partial charge is 0.481 e. The molecule has 0 saturated heterocycles. The number of benzene rings is 1. The van der Waals surface area contributed by atoms with Gasteiger partial charge in [0.25, 0.3) is 5.91 Å². The SMILES string of the molecule is CCC(Oc1ccccc1F)C(=O)NCC(CC)(CC)C(=O)O. The average Bonchev–Trinajstić information content (AvgIpc) is 2.55. The minimum atomic E-state index is -0.994. The number of carbonyl (C=O) groups is 2. The van der Waals surface area contributed by atoms with Crippen LogP contribution in [0, 0.1) is 11.2 Å². The van der Waals surface area contributed by atoms with Crippen LogP contribution in [0.3, 0.4) is 0 Å². The van der Waals surface area contributed by atoms with Crippen LogP contribution in [-0.2, 0) is 9.59 Å². The van der Waals surface area contributed by atoms with Gasteiger partial charge >= 0.3 is 5.97 Å². The van der Waals surface area contributed by atoms with Crippen LogP contribution in [0.25, 0.3) is 0 Å². The third kappa shape index (κ3) is 4.68. The van der Waals surface area contributed by atoms with E-state index in [0.717, 1.165) is 0 Å². The van der Waals surface area contributed by atoms with Crippen molar-refractivity contribution >= 4 is 11.9 Å². The lowest BCUT2D eigenvalue weighted by atomic mass is 9.82. The first-order valence-electron chi connectivity index (χ1n) is 7.82. The Balaban J connectivity index is 2.74. The number of rotatable bonds is 9. The van der Waals surface area contributed by atoms with E-state index in [-0.39, 0.29) is 12.3 Å². The van der Waals surface area contributed by atoms with Crippen molar-refractivity contribution in [3.05, 3.63) is 30.1 Å². The molecule has 2 N–H and O–H groups in total. The maximum Gasteiger partial charge on any atom is 0.311 e. The Labute approximate surface area is 135 Å². The molecular formula is C17H24FNO4. The Bertz CT molecular complexity index is 543. The van der Waals surface area contributed by atoms with Gasteiger partial charge in [0.1, 0.15) is 0 Å². The summed E-state index contributed by atoms with van der Waals surface area (Å²) in [7, 11) is 0. The number of aliphatic carboxylic acids is 1. The second-order valence-electron chi connectivity index (χ2n) is 5.46. The summed E-state index contributed by atoms with van der Waals surface area (Å²) in [5.74, 6) is -1.92. The standard InChI is InChI=1S/C17H24FNO4/c1-4-13(23-14-10-8-7-9-12(14)18)15(20)19-11-17(5-2,6-3)16(21)22/h7-10,13H,4-6,11H2,1-3H3,(H,19,20)(H,21,22). The molecule has 1 amide bonds. The number of halogens is 1. The van der Waals surface area contributed by atoms with Crippen molar-refractivity contribution in [3.8, 4) is 5.75 Å². The van der Waals surface area contributed by atoms with E-state index in [4.69, 9.17) is 4.74 Å². The summed E-state index contributed by atoms with van der Waals surface area (Å²) < 4.78 is 19.0. The van der Waals surface area contributed by atoms with Gasteiger partial charge in [0.05, 0.1) is 5.41 Å². The topological polar surface area (TPSA) is 75.6 Å². The van der Waals surface area contributed by atoms with Crippen LogP contribution in [-0.4, -0.2) is 29.6 Å². The molecule has 1 atom stereocenters. The van der Waals surface area contributed by atoms with Crippen LogP contribution in [0.2, 0.25) is 0 Å². The zero-order chi connectivity index (χ0) is 17.5. The maximum atomic E-state index is 13.6. The number of hydrogen-bond donors (Lipinski definition) is 2. The molecule has 0 saturated carbocycles. The molecule has 128 valence electrons. The number of amides is 1. The smallest absolute Gasteiger partial charge is 0.311 e. The second-order valence-corrected chi connectivity index (χ2v) is 5.46. The molecule has 1 aromatic rings. The molecule has 0 spiro atoms. The van der Waals surface area contributed by atoms with E-state index >= 15 is 0 Å². The van der Waals surface area contributed by atoms with E-state index in [9.17, 15) is 19.1 Å². The summed E-state index contributed by atoms with van der Waals surface area (Å²) in [6.45, 7) is 5.31. The highest BCUT2D eigenvalue weighted by Gasteiger charge is 2.35. The van der Waals surface area contributed by atoms with E-state index in [1.807, 2.05) is 0 Å². The molecule has 1 unspecified atom stereocenters. The number of ether oxygens (including phenoxy) is 1. The Morgan fingerprint density at radius 2 is 1.87 bits per heavy atom. The molecule has 0 aliphatic heterocycles. The third-order valence-electron chi connectivity index (χ3n) is 4.18. The van der Waals surface area contributed by atoms with E-state index in [0.29, 0.717) is 19.3 Å². The van der Waals surface area contributed by atoms with Crippen LogP contribution in [0.15, 0.2) is 24.3 Å². The van der Waals surface area contributed by atoms with Crippen molar-refractivity contribution in [2.24, 2.45) is 5.41 Å². The van der Waals surface area contributed by atoms with Crippen LogP contribution in [0.5, 0.6) is 5.75 Å². The second kappa shape index (κ2) is 8.50. The fraction of sp³-hybridized carbons (Fsp3) is 0.529. The van der Waals surface area contributed by atoms with Gasteiger partial charge < -0.3 is 15.2 Å². The van der Waals surface area contributed by atoms with Gasteiger partial charge in [-0.2, -0.15) is 0 Å². The molecule has 0 aliphatic rings. The van der Waals surface area contributed by atoms with Crippen molar-refractivity contribution in [2.75, 3.05) is 6.54 Å². The van der Waals surface area contributed by atoms with Gasteiger partial charge in [0.15, 0.2) is 17.7 Å². The number of hydrogen-bond acceptors (Lipinski definition) is 3. The minimum Gasteiger partial charge on any atom is -0.481 e. The van der Waals surface area contributed by atoms with E-state index in [1.54, 1.807) is 26.8 Å². The zero-order valence-corrected chi connectivity index (χ0v) is 13.8. The van der Waals surface area contributed by atoms with Crippen molar-refractivity contribution in [1.29, 1.82) is 0 Å². The molecule has 1 aromatic carbocycles. The van der Waals surface area contributed by atoms with Crippen molar-refractivity contribution < 1.29 is 23.8 Å². The molecule has 0 aliphatic carbocycles. The lowest BCUT2D eigenvalue weighted by Crippen LogP contribution is -2.46. The van der Waals surface area contributed by atoms with Gasteiger partial charge in [-0.25, -0.2) is 4.39 Å². The quantitative estimate of drug-likeness (QED) is 0.732. The highest BCUT2D eigenvalue weighted by Crippen LogP contribution is 2.26. The Kier molecular flexibility index (Phi) is 7.00. The maximum absolute atomic E-state index is 13.6. The Morgan fingerprint density at radius 1 is 1.26 bits per heavy atom. The van der Waals surface area contributed by atoms with E-state index < -0.39 is 29.2 Å². The Morgan fingerprint density at radius 3 is 2.35 bits per heavy atom. The minimum absolute atomic E-state index is 0.00461. The lowest BCUT2D eigenvalue weighted by Gasteiger charge is -2.28. The van der Waals surface area contributed by atoms with E-state index in [2.05, 4.69) is 5.32 Å². The van der Waals surface area contributed by atoms with Crippen LogP contribution >= 0.6 is 0 Å². The normalized spacial score (nSPS) is 12.5. The van der Waals surface area contributed by atoms with Crippen LogP contribution in [0.1, 0.15) is 40.0 Å².